The second kappa shape index (κ2) is 7.55. The Labute approximate surface area is 105 Å². The van der Waals surface area contributed by atoms with Crippen LogP contribution in [-0.4, -0.2) is 34.3 Å². The van der Waals surface area contributed by atoms with Crippen molar-refractivity contribution in [2.24, 2.45) is 0 Å². The molecule has 0 aliphatic heterocycles. The van der Waals surface area contributed by atoms with E-state index < -0.39 is 12.1 Å². The van der Waals surface area contributed by atoms with Crippen LogP contribution in [0.1, 0.15) is 34.6 Å². The molecule has 0 saturated heterocycles. The number of carbonyl (C=O) groups excluding carboxylic acids is 1. The molecule has 82 valence electrons. The molecule has 14 heavy (non-hydrogen) atoms. The summed E-state index contributed by atoms with van der Waals surface area (Å²) in [5.41, 5.74) is 0. The van der Waals surface area contributed by atoms with Crippen molar-refractivity contribution in [3.05, 3.63) is 0 Å². The van der Waals surface area contributed by atoms with Crippen molar-refractivity contribution in [2.75, 3.05) is 0 Å². The first kappa shape index (κ1) is 16.7. The van der Waals surface area contributed by atoms with E-state index in [0.717, 1.165) is 0 Å². The first-order valence-corrected chi connectivity index (χ1v) is 4.54. The van der Waals surface area contributed by atoms with E-state index in [4.69, 9.17) is 9.94 Å². The monoisotopic (exact) mass is 279 g/mol. The number of hydrogen-bond donors (Lipinski definition) is 1. The van der Waals surface area contributed by atoms with Crippen LogP contribution in [0.15, 0.2) is 0 Å². The van der Waals surface area contributed by atoms with Crippen LogP contribution in [0.4, 0.5) is 0 Å². The third-order valence-corrected chi connectivity index (χ3v) is 1.55. The minimum atomic E-state index is -1.07. The zero-order valence-electron chi connectivity index (χ0n) is 9.44. The van der Waals surface area contributed by atoms with Crippen LogP contribution in [0.5, 0.6) is 0 Å². The molecule has 0 amide bonds. The molecule has 4 nitrogen and oxygen atoms in total. The van der Waals surface area contributed by atoms with E-state index in [9.17, 15) is 4.79 Å². The summed E-state index contributed by atoms with van der Waals surface area (Å²) in [6.45, 7) is 9.09. The number of rotatable bonds is 4. The van der Waals surface area contributed by atoms with Crippen LogP contribution in [0, 0.1) is 0 Å². The molecule has 0 aliphatic carbocycles. The van der Waals surface area contributed by atoms with Crippen molar-refractivity contribution in [1.29, 1.82) is 0 Å². The number of carbonyl (C=O) groups is 1. The summed E-state index contributed by atoms with van der Waals surface area (Å²) in [7, 11) is 0. The van der Waals surface area contributed by atoms with Gasteiger partial charge in [0.2, 0.25) is 0 Å². The maximum atomic E-state index is 11.0. The van der Waals surface area contributed by atoms with E-state index in [1.807, 2.05) is 27.7 Å². The van der Waals surface area contributed by atoms with Gasteiger partial charge < -0.3 is 9.94 Å². The molecule has 0 aromatic heterocycles. The molecule has 0 spiro atoms. The Balaban J connectivity index is 0. The van der Waals surface area contributed by atoms with E-state index in [2.05, 4.69) is 0 Å². The van der Waals surface area contributed by atoms with Gasteiger partial charge in [-0.3, -0.25) is 0 Å². The van der Waals surface area contributed by atoms with E-state index in [1.54, 1.807) is 5.06 Å². The van der Waals surface area contributed by atoms with Gasteiger partial charge in [0.15, 0.2) is 6.10 Å². The minimum Gasteiger partial charge on any atom is -0.382 e. The molecule has 0 fully saturated rings. The molecule has 1 unspecified atom stereocenters. The molecule has 0 aliphatic rings. The Morgan fingerprint density at radius 3 is 1.71 bits per heavy atom. The number of nitrogens with zero attached hydrogens (tertiary/aromatic N) is 1. The number of aliphatic hydroxyl groups is 1. The van der Waals surface area contributed by atoms with Gasteiger partial charge in [-0.25, -0.2) is 4.79 Å². The topological polar surface area (TPSA) is 49.8 Å². The Kier molecular flexibility index (Phi) is 9.00. The Hall–Kier alpha value is 0.273. The predicted octanol–water partition coefficient (Wildman–Crippen LogP) is 0.942. The third-order valence-electron chi connectivity index (χ3n) is 1.55. The normalized spacial score (nSPS) is 12.9. The second-order valence-electron chi connectivity index (χ2n) is 3.63. The van der Waals surface area contributed by atoms with Crippen molar-refractivity contribution in [2.45, 2.75) is 52.8 Å². The fourth-order valence-corrected chi connectivity index (χ4v) is 0.987. The van der Waals surface area contributed by atoms with E-state index >= 15 is 0 Å². The molecular weight excluding hydrogens is 261 g/mol. The maximum Gasteiger partial charge on any atom is 0.353 e. The molecule has 1 N–H and O–H groups in total. The summed E-state index contributed by atoms with van der Waals surface area (Å²) >= 11 is 0. The summed E-state index contributed by atoms with van der Waals surface area (Å²) < 4.78 is 0. The number of hydroxylamine groups is 2. The largest absolute Gasteiger partial charge is 0.382 e. The summed E-state index contributed by atoms with van der Waals surface area (Å²) in [5.74, 6) is -0.609. The second-order valence-corrected chi connectivity index (χ2v) is 3.63. The molecule has 5 heteroatoms. The fraction of sp³-hybridized carbons (Fsp3) is 0.889. The summed E-state index contributed by atoms with van der Waals surface area (Å²) in [4.78, 5) is 16.0. The quantitative estimate of drug-likeness (QED) is 0.779. The average molecular weight is 280 g/mol. The van der Waals surface area contributed by atoms with Gasteiger partial charge in [0, 0.05) is 38.3 Å². The molecule has 0 bridgehead atoms. The van der Waals surface area contributed by atoms with Crippen molar-refractivity contribution >= 4 is 5.97 Å². The molecule has 0 aromatic carbocycles. The molecule has 0 rings (SSSR count). The molecular formula is C9H19NO3Zr. The van der Waals surface area contributed by atoms with Crippen molar-refractivity contribution in [3.8, 4) is 0 Å². The van der Waals surface area contributed by atoms with Gasteiger partial charge in [0.25, 0.3) is 0 Å². The van der Waals surface area contributed by atoms with Gasteiger partial charge >= 0.3 is 5.97 Å². The standard InChI is InChI=1S/C9H19NO3.Zr/c1-6(2)10(7(3)4)13-9(12)8(5)11;/h6-8,11H,1-5H3;. The molecule has 0 saturated carbocycles. The smallest absolute Gasteiger partial charge is 0.353 e. The number of hydrogen-bond acceptors (Lipinski definition) is 4. The van der Waals surface area contributed by atoms with Crippen LogP contribution in [0.25, 0.3) is 0 Å². The van der Waals surface area contributed by atoms with E-state index in [0.29, 0.717) is 0 Å². The van der Waals surface area contributed by atoms with Crippen molar-refractivity contribution in [1.82, 2.24) is 5.06 Å². The molecule has 0 aromatic rings. The first-order valence-electron chi connectivity index (χ1n) is 4.54. The van der Waals surface area contributed by atoms with Gasteiger partial charge in [-0.1, -0.05) is 0 Å². The Bertz CT molecular complexity index is 163. The fourth-order valence-electron chi connectivity index (χ4n) is 0.987. The SMILES string of the molecule is CC(O)C(=O)ON(C(C)C)C(C)C.[Zr]. The summed E-state index contributed by atoms with van der Waals surface area (Å²) in [6.07, 6.45) is -1.07. The minimum absolute atomic E-state index is 0. The molecule has 1 atom stereocenters. The van der Waals surface area contributed by atoms with E-state index in [1.165, 1.54) is 6.92 Å². The van der Waals surface area contributed by atoms with Crippen LogP contribution in [0.3, 0.4) is 0 Å². The van der Waals surface area contributed by atoms with Crippen LogP contribution < -0.4 is 0 Å². The van der Waals surface area contributed by atoms with Gasteiger partial charge in [-0.05, 0) is 34.6 Å². The van der Waals surface area contributed by atoms with Gasteiger partial charge in [0.1, 0.15) is 0 Å². The van der Waals surface area contributed by atoms with Crippen LogP contribution >= 0.6 is 0 Å². The Morgan fingerprint density at radius 2 is 1.50 bits per heavy atom. The maximum absolute atomic E-state index is 11.0. The van der Waals surface area contributed by atoms with Crippen molar-refractivity contribution in [3.63, 3.8) is 0 Å². The summed E-state index contributed by atoms with van der Waals surface area (Å²) in [6, 6.07) is 0.227. The van der Waals surface area contributed by atoms with Gasteiger partial charge in [-0.15, -0.1) is 5.06 Å². The zero-order chi connectivity index (χ0) is 10.6. The van der Waals surface area contributed by atoms with Crippen molar-refractivity contribution < 1.29 is 40.9 Å². The molecule has 0 heterocycles. The molecule has 0 radical (unpaired) electrons. The van der Waals surface area contributed by atoms with E-state index in [-0.39, 0.29) is 38.3 Å². The summed E-state index contributed by atoms with van der Waals surface area (Å²) in [5, 5.41) is 10.5. The predicted molar refractivity (Wildman–Crippen MR) is 49.9 cm³/mol. The zero-order valence-corrected chi connectivity index (χ0v) is 11.9. The number of aliphatic hydroxyl groups excluding tert-OH is 1. The Morgan fingerprint density at radius 1 is 1.14 bits per heavy atom. The van der Waals surface area contributed by atoms with Gasteiger partial charge in [-0.2, -0.15) is 0 Å². The van der Waals surface area contributed by atoms with Crippen LogP contribution in [0.2, 0.25) is 0 Å². The van der Waals surface area contributed by atoms with Gasteiger partial charge in [0.05, 0.1) is 0 Å². The average Bonchev–Trinajstić information content (AvgIpc) is 1.97. The van der Waals surface area contributed by atoms with Crippen LogP contribution in [-0.2, 0) is 35.8 Å². The first-order chi connectivity index (χ1) is 5.86. The third kappa shape index (κ3) is 5.89.